The third kappa shape index (κ3) is 7.05. The van der Waals surface area contributed by atoms with E-state index in [0.29, 0.717) is 5.92 Å². The van der Waals surface area contributed by atoms with Gasteiger partial charge in [0.25, 0.3) is 0 Å². The highest BCUT2D eigenvalue weighted by molar-refractivity contribution is 4.74. The molecule has 2 nitrogen and oxygen atoms in total. The van der Waals surface area contributed by atoms with E-state index in [2.05, 4.69) is 62.3 Å². The van der Waals surface area contributed by atoms with E-state index >= 15 is 0 Å². The first kappa shape index (κ1) is 16.9. The number of hydrogen-bond acceptors (Lipinski definition) is 2. The molecule has 0 aromatic rings. The molecular weight excluding hydrogens is 212 g/mol. The van der Waals surface area contributed by atoms with Gasteiger partial charge in [0.2, 0.25) is 0 Å². The van der Waals surface area contributed by atoms with Crippen molar-refractivity contribution in [1.82, 2.24) is 0 Å². The molecule has 0 aliphatic heterocycles. The van der Waals surface area contributed by atoms with E-state index in [-0.39, 0.29) is 23.2 Å². The van der Waals surface area contributed by atoms with Crippen LogP contribution >= 0.6 is 0 Å². The zero-order valence-corrected chi connectivity index (χ0v) is 13.3. The second-order valence-corrected chi connectivity index (χ2v) is 7.57. The predicted octanol–water partition coefficient (Wildman–Crippen LogP) is 4.48. The second kappa shape index (κ2) is 6.19. The molecule has 0 heterocycles. The van der Waals surface area contributed by atoms with Crippen molar-refractivity contribution < 1.29 is 9.47 Å². The lowest BCUT2D eigenvalue weighted by molar-refractivity contribution is -0.233. The lowest BCUT2D eigenvalue weighted by atomic mass is 9.89. The van der Waals surface area contributed by atoms with Crippen LogP contribution in [0.4, 0.5) is 0 Å². The summed E-state index contributed by atoms with van der Waals surface area (Å²) in [6.07, 6.45) is 0.0398. The van der Waals surface area contributed by atoms with Crippen LogP contribution in [0.1, 0.15) is 62.3 Å². The highest BCUT2D eigenvalue weighted by atomic mass is 16.7. The molecule has 0 rings (SSSR count). The maximum atomic E-state index is 6.11. The summed E-state index contributed by atoms with van der Waals surface area (Å²) in [5, 5.41) is 0. The minimum atomic E-state index is -0.140. The summed E-state index contributed by atoms with van der Waals surface area (Å²) in [4.78, 5) is 0. The molecule has 104 valence electrons. The van der Waals surface area contributed by atoms with Crippen molar-refractivity contribution >= 4 is 0 Å². The summed E-state index contributed by atoms with van der Waals surface area (Å²) in [5.41, 5.74) is 0.152. The van der Waals surface area contributed by atoms with Gasteiger partial charge in [-0.25, -0.2) is 0 Å². The summed E-state index contributed by atoms with van der Waals surface area (Å²) in [5.74, 6) is 0.536. The molecule has 0 fully saturated rings. The van der Waals surface area contributed by atoms with Crippen LogP contribution in [0.5, 0.6) is 0 Å². The first-order chi connectivity index (χ1) is 7.44. The van der Waals surface area contributed by atoms with Crippen molar-refractivity contribution in [2.24, 2.45) is 16.7 Å². The summed E-state index contributed by atoms with van der Waals surface area (Å²) >= 11 is 0. The van der Waals surface area contributed by atoms with Gasteiger partial charge in [0.1, 0.15) is 0 Å². The summed E-state index contributed by atoms with van der Waals surface area (Å²) < 4.78 is 12.0. The van der Waals surface area contributed by atoms with Gasteiger partial charge in [-0.3, -0.25) is 0 Å². The van der Waals surface area contributed by atoms with E-state index < -0.39 is 0 Å². The number of ether oxygens (including phenoxy) is 2. The molecule has 0 amide bonds. The maximum Gasteiger partial charge on any atom is 0.162 e. The van der Waals surface area contributed by atoms with Crippen molar-refractivity contribution in [1.29, 1.82) is 0 Å². The van der Waals surface area contributed by atoms with Crippen molar-refractivity contribution in [3.05, 3.63) is 0 Å². The molecule has 0 aromatic carbocycles. The van der Waals surface area contributed by atoms with Gasteiger partial charge in [-0.15, -0.1) is 0 Å². The molecule has 0 saturated heterocycles. The highest BCUT2D eigenvalue weighted by Crippen LogP contribution is 2.30. The van der Waals surface area contributed by atoms with E-state index in [1.54, 1.807) is 0 Å². The maximum absolute atomic E-state index is 6.11. The topological polar surface area (TPSA) is 18.5 Å². The fraction of sp³-hybridized carbons (Fsp3) is 1.00. The smallest absolute Gasteiger partial charge is 0.162 e. The molecule has 2 atom stereocenters. The highest BCUT2D eigenvalue weighted by Gasteiger charge is 2.31. The van der Waals surface area contributed by atoms with Crippen LogP contribution < -0.4 is 0 Å². The second-order valence-electron chi connectivity index (χ2n) is 7.57. The van der Waals surface area contributed by atoms with Gasteiger partial charge in [-0.2, -0.15) is 0 Å². The quantitative estimate of drug-likeness (QED) is 0.664. The van der Waals surface area contributed by atoms with Gasteiger partial charge < -0.3 is 9.47 Å². The molecular formula is C15H32O2. The average Bonchev–Trinajstić information content (AvgIpc) is 2.07. The van der Waals surface area contributed by atoms with Crippen molar-refractivity contribution in [2.45, 2.75) is 74.7 Å². The Balaban J connectivity index is 4.51. The Hall–Kier alpha value is -0.0800. The zero-order valence-electron chi connectivity index (χ0n) is 13.3. The largest absolute Gasteiger partial charge is 0.352 e. The fourth-order valence-electron chi connectivity index (χ4n) is 1.16. The van der Waals surface area contributed by atoms with E-state index in [1.807, 2.05) is 0 Å². The molecule has 0 spiro atoms. The van der Waals surface area contributed by atoms with Gasteiger partial charge in [-0.05, 0) is 18.3 Å². The van der Waals surface area contributed by atoms with Crippen LogP contribution in [-0.2, 0) is 9.47 Å². The number of hydrogen-bond donors (Lipinski definition) is 0. The van der Waals surface area contributed by atoms with Gasteiger partial charge in [0, 0.05) is 5.41 Å². The lowest BCUT2D eigenvalue weighted by Gasteiger charge is -2.37. The van der Waals surface area contributed by atoms with E-state index in [4.69, 9.17) is 9.47 Å². The SMILES string of the molecule is CC(C)COC(OC(C)C(C)(C)C)C(C)(C)C. The molecule has 0 N–H and O–H groups in total. The predicted molar refractivity (Wildman–Crippen MR) is 74.0 cm³/mol. The van der Waals surface area contributed by atoms with Gasteiger partial charge in [-0.1, -0.05) is 55.4 Å². The van der Waals surface area contributed by atoms with E-state index in [1.165, 1.54) is 0 Å². The Kier molecular flexibility index (Phi) is 6.16. The number of rotatable bonds is 5. The lowest BCUT2D eigenvalue weighted by Crippen LogP contribution is -2.39. The monoisotopic (exact) mass is 244 g/mol. The first-order valence-electron chi connectivity index (χ1n) is 6.71. The van der Waals surface area contributed by atoms with Crippen molar-refractivity contribution in [3.8, 4) is 0 Å². The van der Waals surface area contributed by atoms with E-state index in [0.717, 1.165) is 6.61 Å². The molecule has 2 heteroatoms. The molecule has 0 radical (unpaired) electrons. The summed E-state index contributed by atoms with van der Waals surface area (Å²) in [6, 6.07) is 0. The van der Waals surface area contributed by atoms with Gasteiger partial charge in [0.15, 0.2) is 6.29 Å². The van der Waals surface area contributed by atoms with Crippen molar-refractivity contribution in [2.75, 3.05) is 6.61 Å². The Morgan fingerprint density at radius 3 is 1.59 bits per heavy atom. The standard InChI is InChI=1S/C15H32O2/c1-11(2)10-16-13(15(7,8)9)17-12(3)14(4,5)6/h11-13H,10H2,1-9H3. The molecule has 0 aliphatic carbocycles. The Morgan fingerprint density at radius 2 is 1.29 bits per heavy atom. The molecule has 17 heavy (non-hydrogen) atoms. The normalized spacial score (nSPS) is 17.3. The van der Waals surface area contributed by atoms with Crippen molar-refractivity contribution in [3.63, 3.8) is 0 Å². The van der Waals surface area contributed by atoms with Gasteiger partial charge in [0.05, 0.1) is 12.7 Å². The third-order valence-electron chi connectivity index (χ3n) is 2.84. The van der Waals surface area contributed by atoms with Crippen LogP contribution in [0.2, 0.25) is 0 Å². The Labute approximate surface area is 108 Å². The van der Waals surface area contributed by atoms with Crippen LogP contribution in [0.3, 0.4) is 0 Å². The van der Waals surface area contributed by atoms with Crippen LogP contribution in [0, 0.1) is 16.7 Å². The molecule has 0 bridgehead atoms. The Morgan fingerprint density at radius 1 is 0.824 bits per heavy atom. The Bertz CT molecular complexity index is 208. The molecule has 2 unspecified atom stereocenters. The minimum absolute atomic E-state index is 0.00833. The fourth-order valence-corrected chi connectivity index (χ4v) is 1.16. The zero-order chi connectivity index (χ0) is 13.9. The van der Waals surface area contributed by atoms with Crippen LogP contribution in [-0.4, -0.2) is 19.0 Å². The molecule has 0 aromatic heterocycles. The van der Waals surface area contributed by atoms with Crippen LogP contribution in [0.15, 0.2) is 0 Å². The average molecular weight is 244 g/mol. The minimum Gasteiger partial charge on any atom is -0.352 e. The molecule has 0 aliphatic rings. The van der Waals surface area contributed by atoms with Crippen LogP contribution in [0.25, 0.3) is 0 Å². The van der Waals surface area contributed by atoms with Gasteiger partial charge >= 0.3 is 0 Å². The third-order valence-corrected chi connectivity index (χ3v) is 2.84. The summed E-state index contributed by atoms with van der Waals surface area (Å²) in [6.45, 7) is 20.3. The van der Waals surface area contributed by atoms with E-state index in [9.17, 15) is 0 Å². The summed E-state index contributed by atoms with van der Waals surface area (Å²) in [7, 11) is 0. The molecule has 0 saturated carbocycles. The first-order valence-corrected chi connectivity index (χ1v) is 6.71.